The van der Waals surface area contributed by atoms with Crippen molar-refractivity contribution in [2.45, 2.75) is 11.9 Å². The molecule has 0 aliphatic rings. The first-order chi connectivity index (χ1) is 11.1. The van der Waals surface area contributed by atoms with Crippen LogP contribution in [0.3, 0.4) is 0 Å². The van der Waals surface area contributed by atoms with Crippen molar-refractivity contribution in [1.82, 2.24) is 19.7 Å². The molecule has 0 saturated carbocycles. The van der Waals surface area contributed by atoms with Gasteiger partial charge in [0, 0.05) is 22.4 Å². The molecule has 0 atom stereocenters. The van der Waals surface area contributed by atoms with Gasteiger partial charge in [0.2, 0.25) is 0 Å². The van der Waals surface area contributed by atoms with Crippen molar-refractivity contribution in [3.05, 3.63) is 64.7 Å². The molecule has 0 fully saturated rings. The monoisotopic (exact) mass is 388 g/mol. The van der Waals surface area contributed by atoms with E-state index < -0.39 is 0 Å². The van der Waals surface area contributed by atoms with Crippen molar-refractivity contribution in [1.29, 1.82) is 0 Å². The first kappa shape index (κ1) is 15.9. The predicted molar refractivity (Wildman–Crippen MR) is 93.1 cm³/mol. The third-order valence-electron chi connectivity index (χ3n) is 3.22. The zero-order valence-electron chi connectivity index (χ0n) is 12.3. The molecule has 0 spiro atoms. The lowest BCUT2D eigenvalue weighted by Crippen LogP contribution is -2.04. The second-order valence-corrected chi connectivity index (χ2v) is 6.70. The standard InChI is InChI=1S/C16H13BrN4OS/c1-11-18-8-9-21(11)15-6-7-16(20-19-15)23-10-14(22)12-2-4-13(17)5-3-12/h2-9H,10H2,1H3. The van der Waals surface area contributed by atoms with Crippen molar-refractivity contribution in [3.63, 3.8) is 0 Å². The van der Waals surface area contributed by atoms with Crippen LogP contribution in [0.1, 0.15) is 16.2 Å². The molecule has 3 aromatic rings. The molecule has 3 rings (SSSR count). The minimum absolute atomic E-state index is 0.0684. The van der Waals surface area contributed by atoms with E-state index in [2.05, 4.69) is 31.1 Å². The van der Waals surface area contributed by atoms with Crippen molar-refractivity contribution < 1.29 is 4.79 Å². The van der Waals surface area contributed by atoms with Crippen LogP contribution in [0.2, 0.25) is 0 Å². The van der Waals surface area contributed by atoms with E-state index in [1.165, 1.54) is 11.8 Å². The van der Waals surface area contributed by atoms with Gasteiger partial charge >= 0.3 is 0 Å². The van der Waals surface area contributed by atoms with Gasteiger partial charge in [0.15, 0.2) is 11.6 Å². The van der Waals surface area contributed by atoms with Gasteiger partial charge in [-0.25, -0.2) is 4.98 Å². The molecule has 1 aromatic carbocycles. The van der Waals surface area contributed by atoms with Gasteiger partial charge in [0.05, 0.1) is 5.75 Å². The molecule has 5 nitrogen and oxygen atoms in total. The highest BCUT2D eigenvalue weighted by Gasteiger charge is 2.08. The molecule has 2 heterocycles. The number of imidazole rings is 1. The Balaban J connectivity index is 1.64. The fourth-order valence-corrected chi connectivity index (χ4v) is 2.97. The molecule has 23 heavy (non-hydrogen) atoms. The number of halogens is 1. The molecule has 2 aromatic heterocycles. The van der Waals surface area contributed by atoms with Crippen LogP contribution in [0, 0.1) is 6.92 Å². The van der Waals surface area contributed by atoms with Crippen molar-refractivity contribution in [2.75, 3.05) is 5.75 Å². The summed E-state index contributed by atoms with van der Waals surface area (Å²) in [5.74, 6) is 1.97. The van der Waals surface area contributed by atoms with E-state index in [0.717, 1.165) is 15.3 Å². The molecule has 0 bridgehead atoms. The Morgan fingerprint density at radius 1 is 1.17 bits per heavy atom. The second kappa shape index (κ2) is 7.06. The largest absolute Gasteiger partial charge is 0.293 e. The second-order valence-electron chi connectivity index (χ2n) is 4.79. The summed E-state index contributed by atoms with van der Waals surface area (Å²) in [5, 5.41) is 9.06. The molecule has 0 saturated heterocycles. The zero-order chi connectivity index (χ0) is 16.2. The first-order valence-electron chi connectivity index (χ1n) is 6.89. The molecular weight excluding hydrogens is 376 g/mol. The summed E-state index contributed by atoms with van der Waals surface area (Å²) >= 11 is 4.74. The van der Waals surface area contributed by atoms with Crippen molar-refractivity contribution >= 4 is 33.5 Å². The van der Waals surface area contributed by atoms with Gasteiger partial charge in [-0.3, -0.25) is 9.36 Å². The Bertz CT molecular complexity index is 815. The van der Waals surface area contributed by atoms with Gasteiger partial charge in [-0.1, -0.05) is 39.8 Å². The fraction of sp³-hybridized carbons (Fsp3) is 0.125. The number of carbonyl (C=O) groups excluding carboxylic acids is 1. The van der Waals surface area contributed by atoms with E-state index in [-0.39, 0.29) is 5.78 Å². The SMILES string of the molecule is Cc1nccn1-c1ccc(SCC(=O)c2ccc(Br)cc2)nn1. The lowest BCUT2D eigenvalue weighted by molar-refractivity contribution is 0.102. The molecule has 0 aliphatic heterocycles. The topological polar surface area (TPSA) is 60.7 Å². The molecule has 0 unspecified atom stereocenters. The van der Waals surface area contributed by atoms with Crippen LogP contribution in [-0.2, 0) is 0 Å². The number of aromatic nitrogens is 4. The van der Waals surface area contributed by atoms with Crippen LogP contribution in [0.25, 0.3) is 5.82 Å². The normalized spacial score (nSPS) is 10.7. The number of rotatable bonds is 5. The number of carbonyl (C=O) groups is 1. The lowest BCUT2D eigenvalue weighted by Gasteiger charge is -2.04. The highest BCUT2D eigenvalue weighted by molar-refractivity contribution is 9.10. The molecule has 0 radical (unpaired) electrons. The Morgan fingerprint density at radius 2 is 1.96 bits per heavy atom. The number of ketones is 1. The number of hydrogen-bond donors (Lipinski definition) is 0. The Kier molecular flexibility index (Phi) is 4.88. The van der Waals surface area contributed by atoms with Crippen LogP contribution in [0.5, 0.6) is 0 Å². The molecule has 0 N–H and O–H groups in total. The predicted octanol–water partition coefficient (Wildman–Crippen LogP) is 3.71. The summed E-state index contributed by atoms with van der Waals surface area (Å²) in [5.41, 5.74) is 0.694. The third kappa shape index (κ3) is 3.86. The highest BCUT2D eigenvalue weighted by atomic mass is 79.9. The summed E-state index contributed by atoms with van der Waals surface area (Å²) in [7, 11) is 0. The van der Waals surface area contributed by atoms with Crippen LogP contribution in [-0.4, -0.2) is 31.3 Å². The quantitative estimate of drug-likeness (QED) is 0.492. The van der Waals surface area contributed by atoms with E-state index in [4.69, 9.17) is 0 Å². The van der Waals surface area contributed by atoms with Gasteiger partial charge in [0.25, 0.3) is 0 Å². The third-order valence-corrected chi connectivity index (χ3v) is 4.66. The summed E-state index contributed by atoms with van der Waals surface area (Å²) < 4.78 is 2.81. The molecule has 0 aliphatic carbocycles. The van der Waals surface area contributed by atoms with E-state index >= 15 is 0 Å². The number of benzene rings is 1. The Morgan fingerprint density at radius 3 is 2.57 bits per heavy atom. The maximum atomic E-state index is 12.1. The summed E-state index contributed by atoms with van der Waals surface area (Å²) in [6.45, 7) is 1.90. The average molecular weight is 389 g/mol. The number of aryl methyl sites for hydroxylation is 1. The van der Waals surface area contributed by atoms with E-state index in [0.29, 0.717) is 17.1 Å². The minimum Gasteiger partial charge on any atom is -0.293 e. The van der Waals surface area contributed by atoms with Crippen molar-refractivity contribution in [3.8, 4) is 5.82 Å². The van der Waals surface area contributed by atoms with Gasteiger partial charge < -0.3 is 0 Å². The summed E-state index contributed by atoms with van der Waals surface area (Å²) in [4.78, 5) is 16.3. The maximum Gasteiger partial charge on any atom is 0.173 e. The maximum absolute atomic E-state index is 12.1. The summed E-state index contributed by atoms with van der Waals surface area (Å²) in [6.07, 6.45) is 3.56. The number of nitrogens with zero attached hydrogens (tertiary/aromatic N) is 4. The average Bonchev–Trinajstić information content (AvgIpc) is 3.00. The lowest BCUT2D eigenvalue weighted by atomic mass is 10.2. The van der Waals surface area contributed by atoms with Crippen LogP contribution >= 0.6 is 27.7 Å². The number of hydrogen-bond acceptors (Lipinski definition) is 5. The molecule has 116 valence electrons. The molecule has 7 heteroatoms. The number of Topliss-reactive ketones (excluding diaryl/α,β-unsaturated/α-hetero) is 1. The van der Waals surface area contributed by atoms with Gasteiger partial charge in [-0.15, -0.1) is 10.2 Å². The molecule has 0 amide bonds. The minimum atomic E-state index is 0.0684. The van der Waals surface area contributed by atoms with Crippen LogP contribution < -0.4 is 0 Å². The van der Waals surface area contributed by atoms with Gasteiger partial charge in [0.1, 0.15) is 10.9 Å². The summed E-state index contributed by atoms with van der Waals surface area (Å²) in [6, 6.07) is 11.1. The fourth-order valence-electron chi connectivity index (χ4n) is 2.00. The Labute approximate surface area is 146 Å². The van der Waals surface area contributed by atoms with Crippen molar-refractivity contribution in [2.24, 2.45) is 0 Å². The number of thioether (sulfide) groups is 1. The van der Waals surface area contributed by atoms with E-state index in [9.17, 15) is 4.79 Å². The molecular formula is C16H13BrN4OS. The smallest absolute Gasteiger partial charge is 0.173 e. The Hall–Kier alpha value is -1.99. The van der Waals surface area contributed by atoms with Gasteiger partial charge in [-0.05, 0) is 31.2 Å². The highest BCUT2D eigenvalue weighted by Crippen LogP contribution is 2.18. The van der Waals surface area contributed by atoms with E-state index in [1.807, 2.05) is 54.1 Å². The van der Waals surface area contributed by atoms with Gasteiger partial charge in [-0.2, -0.15) is 0 Å². The van der Waals surface area contributed by atoms with Crippen LogP contribution in [0.15, 0.2) is 58.3 Å². The van der Waals surface area contributed by atoms with E-state index in [1.54, 1.807) is 6.20 Å². The van der Waals surface area contributed by atoms with Crippen LogP contribution in [0.4, 0.5) is 0 Å². The zero-order valence-corrected chi connectivity index (χ0v) is 14.7. The first-order valence-corrected chi connectivity index (χ1v) is 8.67.